The average Bonchev–Trinajstić information content (AvgIpc) is 3.17. The molecule has 3 fully saturated rings. The Morgan fingerprint density at radius 3 is 2.58 bits per heavy atom. The lowest BCUT2D eigenvalue weighted by Gasteiger charge is -2.40. The molecule has 0 spiro atoms. The SMILES string of the molecule is CCC1CNC(C2CC2)CN1CCCC1CCCC1. The highest BCUT2D eigenvalue weighted by atomic mass is 15.2. The first-order valence-electron chi connectivity index (χ1n) is 8.84. The van der Waals surface area contributed by atoms with E-state index in [1.807, 2.05) is 0 Å². The van der Waals surface area contributed by atoms with Gasteiger partial charge in [0.15, 0.2) is 0 Å². The highest BCUT2D eigenvalue weighted by molar-refractivity contribution is 4.94. The number of hydrogen-bond acceptors (Lipinski definition) is 2. The van der Waals surface area contributed by atoms with Crippen molar-refractivity contribution < 1.29 is 0 Å². The zero-order chi connectivity index (χ0) is 13.1. The van der Waals surface area contributed by atoms with Crippen LogP contribution in [0.25, 0.3) is 0 Å². The van der Waals surface area contributed by atoms with Crippen LogP contribution in [0.3, 0.4) is 0 Å². The zero-order valence-electron chi connectivity index (χ0n) is 12.7. The van der Waals surface area contributed by atoms with Gasteiger partial charge in [-0.25, -0.2) is 0 Å². The molecule has 2 atom stereocenters. The monoisotopic (exact) mass is 264 g/mol. The molecule has 1 aliphatic heterocycles. The van der Waals surface area contributed by atoms with Crippen LogP contribution >= 0.6 is 0 Å². The van der Waals surface area contributed by atoms with E-state index in [4.69, 9.17) is 0 Å². The van der Waals surface area contributed by atoms with Crippen LogP contribution in [-0.4, -0.2) is 36.6 Å². The van der Waals surface area contributed by atoms with Crippen LogP contribution in [0.5, 0.6) is 0 Å². The minimum atomic E-state index is 0.804. The van der Waals surface area contributed by atoms with Gasteiger partial charge < -0.3 is 5.32 Å². The Morgan fingerprint density at radius 1 is 1.11 bits per heavy atom. The third-order valence-corrected chi connectivity index (χ3v) is 5.76. The van der Waals surface area contributed by atoms with Crippen molar-refractivity contribution in [2.75, 3.05) is 19.6 Å². The van der Waals surface area contributed by atoms with Crippen LogP contribution in [-0.2, 0) is 0 Å². The summed E-state index contributed by atoms with van der Waals surface area (Å²) in [6, 6.07) is 1.62. The van der Waals surface area contributed by atoms with E-state index in [2.05, 4.69) is 17.1 Å². The first-order valence-corrected chi connectivity index (χ1v) is 8.84. The Morgan fingerprint density at radius 2 is 1.89 bits per heavy atom. The molecule has 0 bridgehead atoms. The summed E-state index contributed by atoms with van der Waals surface area (Å²) in [4.78, 5) is 2.81. The predicted octanol–water partition coefficient (Wildman–Crippen LogP) is 3.42. The van der Waals surface area contributed by atoms with Gasteiger partial charge in [0.1, 0.15) is 0 Å². The molecule has 110 valence electrons. The lowest BCUT2D eigenvalue weighted by molar-refractivity contribution is 0.115. The van der Waals surface area contributed by atoms with Gasteiger partial charge >= 0.3 is 0 Å². The van der Waals surface area contributed by atoms with E-state index in [9.17, 15) is 0 Å². The molecule has 0 aromatic heterocycles. The van der Waals surface area contributed by atoms with Gasteiger partial charge in [-0.3, -0.25) is 4.90 Å². The van der Waals surface area contributed by atoms with Crippen LogP contribution < -0.4 is 5.32 Å². The van der Waals surface area contributed by atoms with Crippen molar-refractivity contribution in [3.63, 3.8) is 0 Å². The van der Waals surface area contributed by atoms with Gasteiger partial charge in [-0.2, -0.15) is 0 Å². The van der Waals surface area contributed by atoms with E-state index in [0.29, 0.717) is 0 Å². The lowest BCUT2D eigenvalue weighted by Crippen LogP contribution is -2.57. The van der Waals surface area contributed by atoms with E-state index >= 15 is 0 Å². The average molecular weight is 264 g/mol. The molecule has 19 heavy (non-hydrogen) atoms. The Balaban J connectivity index is 1.42. The minimum absolute atomic E-state index is 0.804. The number of hydrogen-bond donors (Lipinski definition) is 1. The van der Waals surface area contributed by atoms with Gasteiger partial charge in [0, 0.05) is 25.2 Å². The maximum absolute atomic E-state index is 3.80. The van der Waals surface area contributed by atoms with Gasteiger partial charge in [0.25, 0.3) is 0 Å². The first-order chi connectivity index (χ1) is 9.36. The number of piperazine rings is 1. The molecular weight excluding hydrogens is 232 g/mol. The summed E-state index contributed by atoms with van der Waals surface area (Å²) in [6.45, 7) is 6.28. The Kier molecular flexibility index (Phi) is 4.81. The Hall–Kier alpha value is -0.0800. The number of rotatable bonds is 6. The largest absolute Gasteiger partial charge is 0.311 e. The van der Waals surface area contributed by atoms with Crippen molar-refractivity contribution in [3.05, 3.63) is 0 Å². The van der Waals surface area contributed by atoms with E-state index < -0.39 is 0 Å². The summed E-state index contributed by atoms with van der Waals surface area (Å²) in [5, 5.41) is 3.80. The van der Waals surface area contributed by atoms with Crippen LogP contribution in [0.1, 0.15) is 64.7 Å². The van der Waals surface area contributed by atoms with Crippen molar-refractivity contribution in [3.8, 4) is 0 Å². The van der Waals surface area contributed by atoms with E-state index in [-0.39, 0.29) is 0 Å². The van der Waals surface area contributed by atoms with Crippen molar-refractivity contribution in [1.82, 2.24) is 10.2 Å². The normalized spacial score (nSPS) is 33.9. The molecule has 0 radical (unpaired) electrons. The smallest absolute Gasteiger partial charge is 0.0224 e. The molecule has 1 saturated heterocycles. The Labute approximate surface area is 119 Å². The quantitative estimate of drug-likeness (QED) is 0.791. The third kappa shape index (κ3) is 3.72. The molecule has 0 amide bonds. The van der Waals surface area contributed by atoms with E-state index in [1.54, 1.807) is 0 Å². The van der Waals surface area contributed by atoms with Gasteiger partial charge in [-0.1, -0.05) is 32.6 Å². The summed E-state index contributed by atoms with van der Waals surface area (Å²) < 4.78 is 0. The molecule has 2 heteroatoms. The van der Waals surface area contributed by atoms with Crippen LogP contribution in [0.2, 0.25) is 0 Å². The standard InChI is InChI=1S/C17H32N2/c1-2-16-12-18-17(15-9-10-15)13-19(16)11-5-8-14-6-3-4-7-14/h14-18H,2-13H2,1H3. The summed E-state index contributed by atoms with van der Waals surface area (Å²) >= 11 is 0. The Bertz CT molecular complexity index is 268. The molecule has 1 N–H and O–H groups in total. The maximum Gasteiger partial charge on any atom is 0.0224 e. The summed E-state index contributed by atoms with van der Waals surface area (Å²) in [5.41, 5.74) is 0. The molecule has 0 aromatic carbocycles. The summed E-state index contributed by atoms with van der Waals surface area (Å²) in [7, 11) is 0. The predicted molar refractivity (Wildman–Crippen MR) is 81.4 cm³/mol. The van der Waals surface area contributed by atoms with Crippen molar-refractivity contribution in [1.29, 1.82) is 0 Å². The van der Waals surface area contributed by atoms with Crippen LogP contribution in [0, 0.1) is 11.8 Å². The fourth-order valence-corrected chi connectivity index (χ4v) is 4.26. The van der Waals surface area contributed by atoms with Crippen molar-refractivity contribution in [2.24, 2.45) is 11.8 Å². The molecular formula is C17H32N2. The highest BCUT2D eigenvalue weighted by Gasteiger charge is 2.36. The fourth-order valence-electron chi connectivity index (χ4n) is 4.26. The van der Waals surface area contributed by atoms with Crippen molar-refractivity contribution >= 4 is 0 Å². The number of nitrogens with one attached hydrogen (secondary N) is 1. The topological polar surface area (TPSA) is 15.3 Å². The van der Waals surface area contributed by atoms with Crippen LogP contribution in [0.15, 0.2) is 0 Å². The highest BCUT2D eigenvalue weighted by Crippen LogP contribution is 2.34. The second-order valence-electron chi connectivity index (χ2n) is 7.20. The molecule has 1 heterocycles. The first kappa shape index (κ1) is 13.9. The molecule has 2 aliphatic carbocycles. The fraction of sp³-hybridized carbons (Fsp3) is 1.00. The van der Waals surface area contributed by atoms with Gasteiger partial charge in [0.2, 0.25) is 0 Å². The maximum atomic E-state index is 3.80. The van der Waals surface area contributed by atoms with Gasteiger partial charge in [0.05, 0.1) is 0 Å². The molecule has 0 aromatic rings. The van der Waals surface area contributed by atoms with E-state index in [1.165, 1.54) is 77.4 Å². The third-order valence-electron chi connectivity index (χ3n) is 5.76. The summed E-state index contributed by atoms with van der Waals surface area (Å²) in [6.07, 6.45) is 13.2. The summed E-state index contributed by atoms with van der Waals surface area (Å²) in [5.74, 6) is 2.08. The lowest BCUT2D eigenvalue weighted by atomic mass is 9.99. The molecule has 3 rings (SSSR count). The molecule has 2 nitrogen and oxygen atoms in total. The minimum Gasteiger partial charge on any atom is -0.311 e. The van der Waals surface area contributed by atoms with Crippen LogP contribution in [0.4, 0.5) is 0 Å². The van der Waals surface area contributed by atoms with E-state index in [0.717, 1.165) is 23.9 Å². The van der Waals surface area contributed by atoms with Gasteiger partial charge in [-0.05, 0) is 50.5 Å². The molecule has 2 unspecified atom stereocenters. The molecule has 2 saturated carbocycles. The van der Waals surface area contributed by atoms with Gasteiger partial charge in [-0.15, -0.1) is 0 Å². The molecule has 3 aliphatic rings. The zero-order valence-corrected chi connectivity index (χ0v) is 12.7. The second-order valence-corrected chi connectivity index (χ2v) is 7.20. The number of nitrogens with zero attached hydrogens (tertiary/aromatic N) is 1. The second kappa shape index (κ2) is 6.58. The van der Waals surface area contributed by atoms with Crippen molar-refractivity contribution in [2.45, 2.75) is 76.8 Å².